The highest BCUT2D eigenvalue weighted by atomic mass is 16.5. The van der Waals surface area contributed by atoms with Gasteiger partial charge in [0, 0.05) is 0 Å². The second-order valence-electron chi connectivity index (χ2n) is 4.76. The average molecular weight is 269 g/mol. The van der Waals surface area contributed by atoms with Gasteiger partial charge in [-0.25, -0.2) is 4.79 Å². The third-order valence-electron chi connectivity index (χ3n) is 3.35. The van der Waals surface area contributed by atoms with Crippen molar-refractivity contribution in [1.29, 1.82) is 0 Å². The summed E-state index contributed by atoms with van der Waals surface area (Å²) in [7, 11) is 1.39. The van der Waals surface area contributed by atoms with E-state index in [1.54, 1.807) is 6.07 Å². The number of carbonyl (C=O) groups excluding carboxylic acids is 1. The van der Waals surface area contributed by atoms with Gasteiger partial charge in [0.2, 0.25) is 0 Å². The second-order valence-corrected chi connectivity index (χ2v) is 4.76. The van der Waals surface area contributed by atoms with Crippen molar-refractivity contribution in [3.05, 3.63) is 59.2 Å². The van der Waals surface area contributed by atoms with Crippen molar-refractivity contribution in [1.82, 2.24) is 0 Å². The van der Waals surface area contributed by atoms with E-state index in [-0.39, 0.29) is 5.97 Å². The van der Waals surface area contributed by atoms with E-state index in [2.05, 4.69) is 24.3 Å². The summed E-state index contributed by atoms with van der Waals surface area (Å²) in [5.74, 6) is -0.307. The van der Waals surface area contributed by atoms with E-state index in [0.29, 0.717) is 12.1 Å². The Kier molecular flexibility index (Phi) is 4.53. The van der Waals surface area contributed by atoms with Crippen molar-refractivity contribution in [3.63, 3.8) is 0 Å². The number of benzene rings is 2. The van der Waals surface area contributed by atoms with E-state index >= 15 is 0 Å². The van der Waals surface area contributed by atoms with Gasteiger partial charge in [-0.05, 0) is 54.3 Å². The highest BCUT2D eigenvalue weighted by molar-refractivity contribution is 5.90. The first-order valence-electron chi connectivity index (χ1n) is 6.64. The third-order valence-corrected chi connectivity index (χ3v) is 3.35. The van der Waals surface area contributed by atoms with Crippen molar-refractivity contribution >= 4 is 5.97 Å². The van der Waals surface area contributed by atoms with Gasteiger partial charge in [-0.2, -0.15) is 0 Å². The average Bonchev–Trinajstić information content (AvgIpc) is 2.47. The molecule has 0 amide bonds. The summed E-state index contributed by atoms with van der Waals surface area (Å²) in [4.78, 5) is 11.5. The van der Waals surface area contributed by atoms with Crippen LogP contribution >= 0.6 is 0 Å². The number of carbonyl (C=O) groups is 1. The molecule has 20 heavy (non-hydrogen) atoms. The molecule has 0 saturated carbocycles. The van der Waals surface area contributed by atoms with Crippen LogP contribution in [0.2, 0.25) is 0 Å². The standard InChI is InChI=1S/C17H19NO2/c1-12-11-15(17(19)20-2)7-8-16(12)14-5-3-13(4-6-14)9-10-18/h3-8,11H,9-10,18H2,1-2H3. The maximum absolute atomic E-state index is 11.5. The normalized spacial score (nSPS) is 10.3. The van der Waals surface area contributed by atoms with Crippen LogP contribution < -0.4 is 5.73 Å². The van der Waals surface area contributed by atoms with Crippen molar-refractivity contribution < 1.29 is 9.53 Å². The van der Waals surface area contributed by atoms with Gasteiger partial charge in [0.05, 0.1) is 12.7 Å². The van der Waals surface area contributed by atoms with E-state index in [9.17, 15) is 4.79 Å². The lowest BCUT2D eigenvalue weighted by molar-refractivity contribution is 0.0600. The highest BCUT2D eigenvalue weighted by Crippen LogP contribution is 2.25. The molecule has 0 unspecified atom stereocenters. The molecule has 2 rings (SSSR count). The Balaban J connectivity index is 2.30. The minimum atomic E-state index is -0.307. The molecule has 0 fully saturated rings. The molecular weight excluding hydrogens is 250 g/mol. The number of hydrogen-bond donors (Lipinski definition) is 1. The molecule has 0 aliphatic carbocycles. The highest BCUT2D eigenvalue weighted by Gasteiger charge is 2.08. The molecular formula is C17H19NO2. The van der Waals surface area contributed by atoms with Crippen LogP contribution in [0.15, 0.2) is 42.5 Å². The minimum Gasteiger partial charge on any atom is -0.465 e. The number of ether oxygens (including phenoxy) is 1. The van der Waals surface area contributed by atoms with Crippen molar-refractivity contribution in [2.45, 2.75) is 13.3 Å². The monoisotopic (exact) mass is 269 g/mol. The van der Waals surface area contributed by atoms with Crippen LogP contribution in [0.3, 0.4) is 0 Å². The van der Waals surface area contributed by atoms with Crippen LogP contribution in [0.4, 0.5) is 0 Å². The summed E-state index contributed by atoms with van der Waals surface area (Å²) in [5, 5.41) is 0. The van der Waals surface area contributed by atoms with Gasteiger partial charge in [-0.1, -0.05) is 30.3 Å². The van der Waals surface area contributed by atoms with E-state index in [4.69, 9.17) is 10.5 Å². The Morgan fingerprint density at radius 3 is 2.40 bits per heavy atom. The van der Waals surface area contributed by atoms with Gasteiger partial charge in [0.1, 0.15) is 0 Å². The molecule has 0 atom stereocenters. The zero-order valence-electron chi connectivity index (χ0n) is 11.8. The molecule has 3 heteroatoms. The molecule has 3 nitrogen and oxygen atoms in total. The Labute approximate surface area is 119 Å². The van der Waals surface area contributed by atoms with E-state index in [0.717, 1.165) is 23.1 Å². The summed E-state index contributed by atoms with van der Waals surface area (Å²) in [6, 6.07) is 14.0. The van der Waals surface area contributed by atoms with Crippen LogP contribution in [0, 0.1) is 6.92 Å². The molecule has 0 spiro atoms. The van der Waals surface area contributed by atoms with Gasteiger partial charge in [0.25, 0.3) is 0 Å². The largest absolute Gasteiger partial charge is 0.465 e. The zero-order chi connectivity index (χ0) is 14.5. The summed E-state index contributed by atoms with van der Waals surface area (Å²) in [6.45, 7) is 2.65. The number of nitrogens with two attached hydrogens (primary N) is 1. The van der Waals surface area contributed by atoms with Crippen molar-refractivity contribution in [2.24, 2.45) is 5.73 Å². The van der Waals surface area contributed by atoms with E-state index in [1.807, 2.05) is 19.1 Å². The second kappa shape index (κ2) is 6.35. The zero-order valence-corrected chi connectivity index (χ0v) is 11.8. The fourth-order valence-corrected chi connectivity index (χ4v) is 2.25. The molecule has 2 N–H and O–H groups in total. The van der Waals surface area contributed by atoms with Crippen LogP contribution in [-0.4, -0.2) is 19.6 Å². The van der Waals surface area contributed by atoms with Crippen LogP contribution in [0.1, 0.15) is 21.5 Å². The van der Waals surface area contributed by atoms with Gasteiger partial charge in [0.15, 0.2) is 0 Å². The number of methoxy groups -OCH3 is 1. The Hall–Kier alpha value is -2.13. The maximum atomic E-state index is 11.5. The fourth-order valence-electron chi connectivity index (χ4n) is 2.25. The molecule has 0 bridgehead atoms. The Bertz CT molecular complexity index is 603. The molecule has 0 aromatic heterocycles. The lowest BCUT2D eigenvalue weighted by Gasteiger charge is -2.09. The summed E-state index contributed by atoms with van der Waals surface area (Å²) >= 11 is 0. The lowest BCUT2D eigenvalue weighted by atomic mass is 9.97. The van der Waals surface area contributed by atoms with Crippen LogP contribution in [-0.2, 0) is 11.2 Å². The molecule has 0 aliphatic rings. The first-order valence-corrected chi connectivity index (χ1v) is 6.64. The molecule has 0 saturated heterocycles. The molecule has 0 radical (unpaired) electrons. The summed E-state index contributed by atoms with van der Waals surface area (Å²) < 4.78 is 4.73. The smallest absolute Gasteiger partial charge is 0.337 e. The Morgan fingerprint density at radius 2 is 1.85 bits per heavy atom. The van der Waals surface area contributed by atoms with Crippen molar-refractivity contribution in [2.75, 3.05) is 13.7 Å². The van der Waals surface area contributed by atoms with E-state index < -0.39 is 0 Å². The first-order chi connectivity index (χ1) is 9.65. The third kappa shape index (κ3) is 3.06. The SMILES string of the molecule is COC(=O)c1ccc(-c2ccc(CCN)cc2)c(C)c1. The number of esters is 1. The first kappa shape index (κ1) is 14.3. The lowest BCUT2D eigenvalue weighted by Crippen LogP contribution is -2.02. The van der Waals surface area contributed by atoms with E-state index in [1.165, 1.54) is 12.7 Å². The number of rotatable bonds is 4. The van der Waals surface area contributed by atoms with Gasteiger partial charge in [-0.15, -0.1) is 0 Å². The number of hydrogen-bond acceptors (Lipinski definition) is 3. The summed E-state index contributed by atoms with van der Waals surface area (Å²) in [5.41, 5.74) is 10.7. The van der Waals surface area contributed by atoms with Gasteiger partial charge >= 0.3 is 5.97 Å². The molecule has 2 aromatic carbocycles. The van der Waals surface area contributed by atoms with Gasteiger partial charge in [-0.3, -0.25) is 0 Å². The maximum Gasteiger partial charge on any atom is 0.337 e. The Morgan fingerprint density at radius 1 is 1.15 bits per heavy atom. The molecule has 0 heterocycles. The van der Waals surface area contributed by atoms with Crippen LogP contribution in [0.5, 0.6) is 0 Å². The minimum absolute atomic E-state index is 0.307. The predicted octanol–water partition coefficient (Wildman–Crippen LogP) is 2.95. The van der Waals surface area contributed by atoms with Crippen molar-refractivity contribution in [3.8, 4) is 11.1 Å². The quantitative estimate of drug-likeness (QED) is 0.868. The molecule has 104 valence electrons. The molecule has 2 aromatic rings. The molecule has 0 aliphatic heterocycles. The van der Waals surface area contributed by atoms with Gasteiger partial charge < -0.3 is 10.5 Å². The number of aryl methyl sites for hydroxylation is 1. The fraction of sp³-hybridized carbons (Fsp3) is 0.235. The topological polar surface area (TPSA) is 52.3 Å². The predicted molar refractivity (Wildman–Crippen MR) is 80.7 cm³/mol. The van der Waals surface area contributed by atoms with Crippen LogP contribution in [0.25, 0.3) is 11.1 Å². The summed E-state index contributed by atoms with van der Waals surface area (Å²) in [6.07, 6.45) is 0.889.